The number of hydrogen-bond acceptors (Lipinski definition) is 7. The molecule has 4 rings (SSSR count). The second-order valence-electron chi connectivity index (χ2n) is 8.85. The summed E-state index contributed by atoms with van der Waals surface area (Å²) in [5, 5.41) is 20.1. The fourth-order valence-electron chi connectivity index (χ4n) is 3.60. The molecule has 0 fully saturated rings. The summed E-state index contributed by atoms with van der Waals surface area (Å²) < 4.78 is 1.01. The summed E-state index contributed by atoms with van der Waals surface area (Å²) >= 11 is 2.76. The molecule has 9 heteroatoms. The maximum atomic E-state index is 9.56. The minimum atomic E-state index is -0.710. The molecule has 0 bridgehead atoms. The van der Waals surface area contributed by atoms with Crippen molar-refractivity contribution in [2.24, 2.45) is 10.9 Å². The number of aryl methyl sites for hydroxylation is 3. The first-order chi connectivity index (χ1) is 14.0. The van der Waals surface area contributed by atoms with E-state index in [0.717, 1.165) is 4.24 Å². The molecule has 0 spiro atoms. The predicted octanol–water partition coefficient (Wildman–Crippen LogP) is 2.90. The lowest BCUT2D eigenvalue weighted by Gasteiger charge is -2.24. The molecule has 2 aliphatic carbocycles. The Balaban J connectivity index is 0.000000180. The SMILES string of the molecule is CC(C)(O)C1NC=C(SN)S1.CC1(C)CCc2cc3c(nc21)CCC3.CNC(N)=O. The third-order valence-corrected chi connectivity index (χ3v) is 7.61. The first-order valence-corrected chi connectivity index (χ1v) is 11.9. The number of hydrogen-bond donors (Lipinski definition) is 5. The van der Waals surface area contributed by atoms with Gasteiger partial charge in [-0.25, -0.2) is 4.79 Å². The zero-order valence-electron chi connectivity index (χ0n) is 18.5. The highest BCUT2D eigenvalue weighted by Gasteiger charge is 2.33. The Labute approximate surface area is 188 Å². The molecule has 1 unspecified atom stereocenters. The van der Waals surface area contributed by atoms with E-state index >= 15 is 0 Å². The van der Waals surface area contributed by atoms with Gasteiger partial charge in [-0.15, -0.1) is 0 Å². The Morgan fingerprint density at radius 3 is 2.53 bits per heavy atom. The highest BCUT2D eigenvalue weighted by molar-refractivity contribution is 8.21. The van der Waals surface area contributed by atoms with Gasteiger partial charge in [0.1, 0.15) is 5.37 Å². The summed E-state index contributed by atoms with van der Waals surface area (Å²) in [6.45, 7) is 8.20. The van der Waals surface area contributed by atoms with Crippen molar-refractivity contribution in [3.8, 4) is 0 Å². The number of nitrogens with zero attached hydrogens (tertiary/aromatic N) is 1. The van der Waals surface area contributed by atoms with Crippen LogP contribution in [0, 0.1) is 0 Å². The van der Waals surface area contributed by atoms with E-state index in [1.165, 1.54) is 73.6 Å². The second kappa shape index (κ2) is 10.3. The number of urea groups is 1. The van der Waals surface area contributed by atoms with Crippen molar-refractivity contribution < 1.29 is 9.90 Å². The largest absolute Gasteiger partial charge is 0.387 e. The summed E-state index contributed by atoms with van der Waals surface area (Å²) in [5.41, 5.74) is 9.99. The van der Waals surface area contributed by atoms with E-state index in [2.05, 4.69) is 36.3 Å². The van der Waals surface area contributed by atoms with Crippen LogP contribution in [0.5, 0.6) is 0 Å². The number of nitrogens with one attached hydrogen (secondary N) is 2. The fourth-order valence-corrected chi connectivity index (χ4v) is 5.04. The summed E-state index contributed by atoms with van der Waals surface area (Å²) in [6.07, 6.45) is 8.12. The van der Waals surface area contributed by atoms with Crippen LogP contribution in [0.15, 0.2) is 16.5 Å². The summed E-state index contributed by atoms with van der Waals surface area (Å²) in [6, 6.07) is 1.93. The highest BCUT2D eigenvalue weighted by Crippen LogP contribution is 2.39. The molecule has 2 heterocycles. The number of aliphatic hydroxyl groups is 1. The van der Waals surface area contributed by atoms with E-state index in [-0.39, 0.29) is 5.37 Å². The number of thioether (sulfide) groups is 1. The minimum Gasteiger partial charge on any atom is -0.387 e. The molecular formula is C21H35N5O2S2. The molecule has 1 aromatic heterocycles. The Hall–Kier alpha value is -1.42. The van der Waals surface area contributed by atoms with Gasteiger partial charge in [-0.2, -0.15) is 0 Å². The summed E-state index contributed by atoms with van der Waals surface area (Å²) in [4.78, 5) is 14.4. The van der Waals surface area contributed by atoms with Crippen LogP contribution in [0.4, 0.5) is 4.79 Å². The third kappa shape index (κ3) is 6.54. The topological polar surface area (TPSA) is 126 Å². The zero-order chi connectivity index (χ0) is 22.5. The maximum absolute atomic E-state index is 9.56. The van der Waals surface area contributed by atoms with Gasteiger partial charge < -0.3 is 21.5 Å². The number of nitrogens with two attached hydrogens (primary N) is 2. The number of pyridine rings is 1. The van der Waals surface area contributed by atoms with E-state index in [1.54, 1.807) is 25.6 Å². The van der Waals surface area contributed by atoms with Gasteiger partial charge in [-0.1, -0.05) is 31.7 Å². The van der Waals surface area contributed by atoms with Crippen LogP contribution in [0.3, 0.4) is 0 Å². The van der Waals surface area contributed by atoms with Crippen molar-refractivity contribution in [1.82, 2.24) is 15.6 Å². The Bertz CT molecular complexity index is 790. The Morgan fingerprint density at radius 1 is 1.37 bits per heavy atom. The quantitative estimate of drug-likeness (QED) is 0.436. The molecule has 0 saturated carbocycles. The lowest BCUT2D eigenvalue weighted by Crippen LogP contribution is -2.39. The normalized spacial score (nSPS) is 20.5. The molecule has 3 aliphatic rings. The molecule has 0 radical (unpaired) electrons. The zero-order valence-corrected chi connectivity index (χ0v) is 20.2. The van der Waals surface area contributed by atoms with E-state index in [9.17, 15) is 9.90 Å². The van der Waals surface area contributed by atoms with Crippen molar-refractivity contribution in [1.29, 1.82) is 0 Å². The molecule has 7 N–H and O–H groups in total. The van der Waals surface area contributed by atoms with Gasteiger partial charge in [0, 0.05) is 30.1 Å². The van der Waals surface area contributed by atoms with Crippen LogP contribution in [0.2, 0.25) is 0 Å². The van der Waals surface area contributed by atoms with Crippen molar-refractivity contribution in [2.45, 2.75) is 76.2 Å². The third-order valence-electron chi connectivity index (χ3n) is 5.38. The van der Waals surface area contributed by atoms with E-state index in [1.807, 2.05) is 6.20 Å². The Kier molecular flexibility index (Phi) is 8.50. The van der Waals surface area contributed by atoms with Gasteiger partial charge in [-0.05, 0) is 69.0 Å². The van der Waals surface area contributed by atoms with Crippen molar-refractivity contribution in [3.05, 3.63) is 39.0 Å². The van der Waals surface area contributed by atoms with Crippen LogP contribution in [0.1, 0.15) is 63.1 Å². The molecular weight excluding hydrogens is 418 g/mol. The maximum Gasteiger partial charge on any atom is 0.311 e. The molecule has 0 saturated heterocycles. The number of carbonyl (C=O) groups excluding carboxylic acids is 1. The molecule has 30 heavy (non-hydrogen) atoms. The number of amides is 2. The highest BCUT2D eigenvalue weighted by atomic mass is 32.2. The standard InChI is InChI=1S/C13H17N.C6H12N2OS2.C2H6N2O/c1-13(2)7-6-10-8-9-4-3-5-11(9)14-12(10)13;1-6(2,9)5-8-3-4(10-5)11-7;1-4-2(3)5/h8H,3-7H2,1-2H3;3,5,8-9H,7H2,1-2H3;1H3,(H3,3,4,5). The van der Waals surface area contributed by atoms with E-state index in [0.29, 0.717) is 5.41 Å². The van der Waals surface area contributed by atoms with Gasteiger partial charge >= 0.3 is 6.03 Å². The van der Waals surface area contributed by atoms with Gasteiger partial charge in [0.25, 0.3) is 0 Å². The van der Waals surface area contributed by atoms with Crippen molar-refractivity contribution in [3.63, 3.8) is 0 Å². The van der Waals surface area contributed by atoms with Gasteiger partial charge in [0.15, 0.2) is 0 Å². The molecule has 1 aliphatic heterocycles. The van der Waals surface area contributed by atoms with Crippen molar-refractivity contribution in [2.75, 3.05) is 7.05 Å². The van der Waals surface area contributed by atoms with Gasteiger partial charge in [0.2, 0.25) is 0 Å². The number of aromatic nitrogens is 1. The monoisotopic (exact) mass is 453 g/mol. The lowest BCUT2D eigenvalue weighted by atomic mass is 9.90. The first kappa shape index (κ1) is 24.8. The first-order valence-electron chi connectivity index (χ1n) is 10.2. The van der Waals surface area contributed by atoms with Gasteiger partial charge in [-0.3, -0.25) is 10.1 Å². The van der Waals surface area contributed by atoms with E-state index in [4.69, 9.17) is 10.1 Å². The second-order valence-corrected chi connectivity index (χ2v) is 10.9. The average Bonchev–Trinajstić information content (AvgIpc) is 3.40. The number of rotatable bonds is 2. The van der Waals surface area contributed by atoms with E-state index < -0.39 is 11.6 Å². The fraction of sp³-hybridized carbons (Fsp3) is 0.619. The number of fused-ring (bicyclic) bond motifs is 2. The van der Waals surface area contributed by atoms with Crippen LogP contribution in [-0.2, 0) is 24.7 Å². The summed E-state index contributed by atoms with van der Waals surface area (Å²) in [7, 11) is 1.47. The van der Waals surface area contributed by atoms with Crippen LogP contribution in [-0.4, -0.2) is 34.1 Å². The molecule has 168 valence electrons. The number of primary amides is 1. The predicted molar refractivity (Wildman–Crippen MR) is 127 cm³/mol. The Morgan fingerprint density at radius 2 is 2.03 bits per heavy atom. The van der Waals surface area contributed by atoms with Gasteiger partial charge in [0.05, 0.1) is 9.84 Å². The molecule has 2 amide bonds. The number of carbonyl (C=O) groups is 1. The molecule has 7 nitrogen and oxygen atoms in total. The molecule has 0 aromatic carbocycles. The van der Waals surface area contributed by atoms with Crippen LogP contribution >= 0.6 is 23.7 Å². The molecule has 1 atom stereocenters. The van der Waals surface area contributed by atoms with Crippen LogP contribution in [0.25, 0.3) is 0 Å². The lowest BCUT2D eigenvalue weighted by molar-refractivity contribution is 0.0731. The molecule has 1 aromatic rings. The minimum absolute atomic E-state index is 0.0218. The average molecular weight is 454 g/mol. The summed E-state index contributed by atoms with van der Waals surface area (Å²) in [5.74, 6) is 0. The van der Waals surface area contributed by atoms with Crippen molar-refractivity contribution >= 4 is 29.7 Å². The smallest absolute Gasteiger partial charge is 0.311 e. The van der Waals surface area contributed by atoms with Crippen LogP contribution < -0.4 is 21.5 Å².